The molecule has 0 aliphatic carbocycles. The van der Waals surface area contributed by atoms with Gasteiger partial charge in [0.25, 0.3) is 5.37 Å². The van der Waals surface area contributed by atoms with Gasteiger partial charge in [-0.15, -0.1) is 0 Å². The van der Waals surface area contributed by atoms with Crippen molar-refractivity contribution in [3.63, 3.8) is 0 Å². The average Bonchev–Trinajstić information content (AvgIpc) is 2.05. The monoisotopic (exact) mass is 217 g/mol. The molecule has 0 fully saturated rings. The highest BCUT2D eigenvalue weighted by molar-refractivity contribution is 7.85. The summed E-state index contributed by atoms with van der Waals surface area (Å²) in [6, 6.07) is 5.09. The molecule has 0 aliphatic heterocycles. The second-order valence-electron chi connectivity index (χ2n) is 2.46. The van der Waals surface area contributed by atoms with Gasteiger partial charge in [-0.1, -0.05) is 12.6 Å². The van der Waals surface area contributed by atoms with Crippen molar-refractivity contribution < 1.29 is 23.0 Å². The lowest BCUT2D eigenvalue weighted by Gasteiger charge is -2.02. The van der Waals surface area contributed by atoms with Crippen LogP contribution in [-0.2, 0) is 10.1 Å². The van der Waals surface area contributed by atoms with Gasteiger partial charge in [0.2, 0.25) is 0 Å². The van der Waals surface area contributed by atoms with E-state index in [2.05, 4.69) is 6.58 Å². The molecule has 1 unspecified atom stereocenters. The van der Waals surface area contributed by atoms with Crippen molar-refractivity contribution >= 4 is 10.1 Å². The molecule has 2 N–H and O–H groups in total. The molecule has 1 atom stereocenters. The zero-order valence-corrected chi connectivity index (χ0v) is 8.13. The summed E-state index contributed by atoms with van der Waals surface area (Å²) in [7, 11) is -4.12. The Kier molecular flexibility index (Phi) is 4.42. The van der Waals surface area contributed by atoms with Gasteiger partial charge in [0.15, 0.2) is 12.4 Å². The van der Waals surface area contributed by atoms with E-state index in [1.807, 2.05) is 0 Å². The predicted octanol–water partition coefficient (Wildman–Crippen LogP) is 0.370. The van der Waals surface area contributed by atoms with Crippen molar-refractivity contribution in [1.82, 2.24) is 0 Å². The molecule has 0 aromatic carbocycles. The van der Waals surface area contributed by atoms with Crippen LogP contribution in [0.4, 0.5) is 0 Å². The van der Waals surface area contributed by atoms with E-state index in [0.717, 1.165) is 6.08 Å². The summed E-state index contributed by atoms with van der Waals surface area (Å²) in [5, 5.41) is -1.12. The summed E-state index contributed by atoms with van der Waals surface area (Å²) in [5.41, 5.74) is 0. The second-order valence-corrected chi connectivity index (χ2v) is 3.98. The third-order valence-electron chi connectivity index (χ3n) is 1.54. The minimum absolute atomic E-state index is 0. The summed E-state index contributed by atoms with van der Waals surface area (Å²) in [6.07, 6.45) is 4.25. The lowest BCUT2D eigenvalue weighted by Crippen LogP contribution is -2.41. The molecule has 1 heterocycles. The Morgan fingerprint density at radius 3 is 2.14 bits per heavy atom. The largest absolute Gasteiger partial charge is 0.870 e. The molecule has 78 valence electrons. The van der Waals surface area contributed by atoms with Crippen molar-refractivity contribution in [2.75, 3.05) is 0 Å². The molecule has 0 aliphatic rings. The van der Waals surface area contributed by atoms with Crippen LogP contribution in [0.1, 0.15) is 5.37 Å². The molecule has 1 aromatic heterocycles. The van der Waals surface area contributed by atoms with Crippen LogP contribution in [-0.4, -0.2) is 18.4 Å². The maximum atomic E-state index is 10.8. The van der Waals surface area contributed by atoms with Crippen LogP contribution in [0, 0.1) is 0 Å². The molecule has 14 heavy (non-hydrogen) atoms. The van der Waals surface area contributed by atoms with Crippen LogP contribution in [0.5, 0.6) is 0 Å². The van der Waals surface area contributed by atoms with Crippen LogP contribution >= 0.6 is 0 Å². The zero-order chi connectivity index (χ0) is 9.90. The fourth-order valence-corrected chi connectivity index (χ4v) is 1.67. The second kappa shape index (κ2) is 4.85. The van der Waals surface area contributed by atoms with E-state index >= 15 is 0 Å². The Hall–Kier alpha value is -1.24. The molecular formula is C8H11NO4S. The van der Waals surface area contributed by atoms with Crippen LogP contribution in [0.25, 0.3) is 0 Å². The summed E-state index contributed by atoms with van der Waals surface area (Å²) < 4.78 is 31.8. The standard InChI is InChI=1S/C8H9NO3S.H2O/c1-2-8(13(10,11)12)9-6-4-3-5-7-9;/h2-8H,1H2;1H2. The highest BCUT2D eigenvalue weighted by atomic mass is 32.2. The first kappa shape index (κ1) is 12.8. The van der Waals surface area contributed by atoms with Gasteiger partial charge in [0.1, 0.15) is 0 Å². The number of rotatable bonds is 3. The number of pyridine rings is 1. The summed E-state index contributed by atoms with van der Waals surface area (Å²) >= 11 is 0. The van der Waals surface area contributed by atoms with Crippen LogP contribution in [0.15, 0.2) is 43.2 Å². The fraction of sp³-hybridized carbons (Fsp3) is 0.125. The first-order chi connectivity index (χ1) is 6.05. The summed E-state index contributed by atoms with van der Waals surface area (Å²) in [4.78, 5) is 0. The Labute approximate surface area is 82.4 Å². The average molecular weight is 217 g/mol. The SMILES string of the molecule is C=CC([n+]1ccccc1)S(=O)(=O)O.[OH-]. The van der Waals surface area contributed by atoms with E-state index in [-0.39, 0.29) is 5.48 Å². The molecule has 0 radical (unpaired) electrons. The van der Waals surface area contributed by atoms with Gasteiger partial charge in [-0.25, -0.2) is 0 Å². The maximum Gasteiger partial charge on any atom is 0.333 e. The van der Waals surface area contributed by atoms with Gasteiger partial charge < -0.3 is 5.48 Å². The van der Waals surface area contributed by atoms with Crippen LogP contribution in [0.3, 0.4) is 0 Å². The van der Waals surface area contributed by atoms with Gasteiger partial charge in [-0.3, -0.25) is 4.55 Å². The van der Waals surface area contributed by atoms with Gasteiger partial charge in [0, 0.05) is 12.1 Å². The van der Waals surface area contributed by atoms with Gasteiger partial charge >= 0.3 is 10.1 Å². The van der Waals surface area contributed by atoms with Gasteiger partial charge in [-0.05, 0) is 6.08 Å². The number of hydrogen-bond donors (Lipinski definition) is 1. The molecule has 0 saturated heterocycles. The topological polar surface area (TPSA) is 88.2 Å². The minimum atomic E-state index is -4.12. The smallest absolute Gasteiger partial charge is 0.333 e. The normalized spacial score (nSPS) is 12.6. The first-order valence-electron chi connectivity index (χ1n) is 3.60. The molecule has 1 rings (SSSR count). The van der Waals surface area contributed by atoms with Crippen molar-refractivity contribution in [1.29, 1.82) is 0 Å². The van der Waals surface area contributed by atoms with Crippen LogP contribution < -0.4 is 4.57 Å². The third-order valence-corrected chi connectivity index (χ3v) is 2.59. The lowest BCUT2D eigenvalue weighted by molar-refractivity contribution is -0.692. The molecule has 0 spiro atoms. The highest BCUT2D eigenvalue weighted by Gasteiger charge is 2.27. The number of aromatic nitrogens is 1. The molecule has 1 aromatic rings. The van der Waals surface area contributed by atoms with Crippen LogP contribution in [0.2, 0.25) is 0 Å². The van der Waals surface area contributed by atoms with Crippen molar-refractivity contribution in [2.45, 2.75) is 5.37 Å². The van der Waals surface area contributed by atoms with E-state index in [9.17, 15) is 8.42 Å². The molecule has 0 bridgehead atoms. The van der Waals surface area contributed by atoms with Crippen molar-refractivity contribution in [2.24, 2.45) is 0 Å². The van der Waals surface area contributed by atoms with Gasteiger partial charge in [0.05, 0.1) is 0 Å². The van der Waals surface area contributed by atoms with E-state index in [1.165, 1.54) is 4.57 Å². The third kappa shape index (κ3) is 2.91. The number of nitrogens with zero attached hydrogens (tertiary/aromatic N) is 1. The van der Waals surface area contributed by atoms with Crippen molar-refractivity contribution in [3.05, 3.63) is 43.2 Å². The predicted molar refractivity (Wildman–Crippen MR) is 49.4 cm³/mol. The maximum absolute atomic E-state index is 10.8. The molecule has 0 amide bonds. The summed E-state index contributed by atoms with van der Waals surface area (Å²) in [5.74, 6) is 0. The Morgan fingerprint density at radius 2 is 1.79 bits per heavy atom. The first-order valence-corrected chi connectivity index (χ1v) is 5.10. The Morgan fingerprint density at radius 1 is 1.29 bits per heavy atom. The summed E-state index contributed by atoms with van der Waals surface area (Å²) in [6.45, 7) is 3.34. The fourth-order valence-electron chi connectivity index (χ4n) is 0.979. The van der Waals surface area contributed by atoms with Crippen molar-refractivity contribution in [3.8, 4) is 0 Å². The molecular weight excluding hydrogens is 206 g/mol. The lowest BCUT2D eigenvalue weighted by atomic mass is 10.5. The Bertz CT molecular complexity index is 387. The number of hydrogen-bond acceptors (Lipinski definition) is 3. The molecule has 0 saturated carbocycles. The van der Waals surface area contributed by atoms with E-state index < -0.39 is 15.5 Å². The minimum Gasteiger partial charge on any atom is -0.870 e. The highest BCUT2D eigenvalue weighted by Crippen LogP contribution is 2.05. The Balaban J connectivity index is 0.00000169. The zero-order valence-electron chi connectivity index (χ0n) is 7.31. The van der Waals surface area contributed by atoms with E-state index in [0.29, 0.717) is 0 Å². The molecule has 6 heteroatoms. The van der Waals surface area contributed by atoms with E-state index in [4.69, 9.17) is 4.55 Å². The quantitative estimate of drug-likeness (QED) is 0.450. The molecule has 5 nitrogen and oxygen atoms in total. The van der Waals surface area contributed by atoms with E-state index in [1.54, 1.807) is 30.6 Å². The van der Waals surface area contributed by atoms with Gasteiger partial charge in [-0.2, -0.15) is 13.0 Å².